The third kappa shape index (κ3) is 2.76. The first-order valence-electron chi connectivity index (χ1n) is 6.77. The number of hydrogen-bond donors (Lipinski definition) is 1. The number of fused-ring (bicyclic) bond motifs is 1. The summed E-state index contributed by atoms with van der Waals surface area (Å²) in [5.41, 5.74) is 1.00. The fourth-order valence-electron chi connectivity index (χ4n) is 2.40. The molecule has 118 valence electrons. The highest BCUT2D eigenvalue weighted by molar-refractivity contribution is 7.93. The Balaban J connectivity index is 1.94. The number of thiazole rings is 1. The zero-order valence-corrected chi connectivity index (χ0v) is 13.9. The lowest BCUT2D eigenvalue weighted by Crippen LogP contribution is -2.14. The summed E-state index contributed by atoms with van der Waals surface area (Å²) in [6, 6.07) is 4.65. The van der Waals surface area contributed by atoms with Gasteiger partial charge in [0, 0.05) is 10.9 Å². The van der Waals surface area contributed by atoms with Crippen molar-refractivity contribution in [2.24, 2.45) is 0 Å². The summed E-state index contributed by atoms with van der Waals surface area (Å²) >= 11 is 1.39. The first-order valence-corrected chi connectivity index (χ1v) is 9.07. The van der Waals surface area contributed by atoms with Gasteiger partial charge in [-0.15, -0.1) is 11.3 Å². The molecule has 0 saturated carbocycles. The molecule has 0 fully saturated rings. The number of rotatable bonds is 5. The van der Waals surface area contributed by atoms with E-state index in [0.717, 1.165) is 29.8 Å². The van der Waals surface area contributed by atoms with E-state index >= 15 is 0 Å². The SMILES string of the molecule is COc1ccc(OC)c(S(=O)(=O)Nc2nc3c(s2)CCC3)c1. The second kappa shape index (κ2) is 5.77. The molecule has 0 saturated heterocycles. The molecule has 1 aliphatic rings. The van der Waals surface area contributed by atoms with Crippen molar-refractivity contribution in [1.82, 2.24) is 4.98 Å². The number of aromatic nitrogens is 1. The molecule has 22 heavy (non-hydrogen) atoms. The Bertz CT molecular complexity index is 778. The van der Waals surface area contributed by atoms with Crippen LogP contribution >= 0.6 is 11.3 Å². The molecule has 1 aliphatic carbocycles. The average molecular weight is 340 g/mol. The van der Waals surface area contributed by atoms with Crippen LogP contribution in [-0.4, -0.2) is 27.6 Å². The van der Waals surface area contributed by atoms with Crippen molar-refractivity contribution in [2.75, 3.05) is 18.9 Å². The van der Waals surface area contributed by atoms with Crippen molar-refractivity contribution in [3.05, 3.63) is 28.8 Å². The smallest absolute Gasteiger partial charge is 0.267 e. The Morgan fingerprint density at radius 2 is 2.05 bits per heavy atom. The Labute approximate surface area is 133 Å². The van der Waals surface area contributed by atoms with Crippen LogP contribution in [0.25, 0.3) is 0 Å². The molecule has 1 aromatic heterocycles. The fourth-order valence-corrected chi connectivity index (χ4v) is 4.87. The summed E-state index contributed by atoms with van der Waals surface area (Å²) in [5, 5.41) is 0.398. The second-order valence-corrected chi connectivity index (χ2v) is 7.60. The van der Waals surface area contributed by atoms with Crippen LogP contribution in [-0.2, 0) is 22.9 Å². The molecule has 1 heterocycles. The molecule has 0 amide bonds. The van der Waals surface area contributed by atoms with E-state index in [1.807, 2.05) is 0 Å². The van der Waals surface area contributed by atoms with Crippen molar-refractivity contribution >= 4 is 26.5 Å². The molecule has 0 bridgehead atoms. The third-order valence-electron chi connectivity index (χ3n) is 3.48. The number of nitrogens with one attached hydrogen (secondary N) is 1. The van der Waals surface area contributed by atoms with Gasteiger partial charge < -0.3 is 9.47 Å². The van der Waals surface area contributed by atoms with Crippen molar-refractivity contribution in [2.45, 2.75) is 24.2 Å². The van der Waals surface area contributed by atoms with Gasteiger partial charge in [0.15, 0.2) is 5.13 Å². The predicted octanol–water partition coefficient (Wildman–Crippen LogP) is 2.45. The Morgan fingerprint density at radius 3 is 2.73 bits per heavy atom. The van der Waals surface area contributed by atoms with E-state index in [1.54, 1.807) is 12.1 Å². The third-order valence-corrected chi connectivity index (χ3v) is 6.04. The summed E-state index contributed by atoms with van der Waals surface area (Å²) in [6.45, 7) is 0. The molecule has 6 nitrogen and oxygen atoms in total. The zero-order valence-electron chi connectivity index (χ0n) is 12.3. The highest BCUT2D eigenvalue weighted by atomic mass is 32.2. The number of methoxy groups -OCH3 is 2. The molecule has 8 heteroatoms. The number of ether oxygens (including phenoxy) is 2. The van der Waals surface area contributed by atoms with Gasteiger partial charge in [0.2, 0.25) is 0 Å². The van der Waals surface area contributed by atoms with Crippen LogP contribution in [0.4, 0.5) is 5.13 Å². The molecular formula is C14H16N2O4S2. The Kier molecular flexibility index (Phi) is 3.96. The van der Waals surface area contributed by atoms with Gasteiger partial charge in [-0.25, -0.2) is 13.4 Å². The summed E-state index contributed by atoms with van der Waals surface area (Å²) in [4.78, 5) is 5.55. The lowest BCUT2D eigenvalue weighted by atomic mass is 10.3. The number of nitrogens with zero attached hydrogens (tertiary/aromatic N) is 1. The zero-order chi connectivity index (χ0) is 15.7. The topological polar surface area (TPSA) is 77.5 Å². The van der Waals surface area contributed by atoms with Crippen molar-refractivity contribution in [3.63, 3.8) is 0 Å². The van der Waals surface area contributed by atoms with Gasteiger partial charge in [-0.2, -0.15) is 0 Å². The lowest BCUT2D eigenvalue weighted by molar-refractivity contribution is 0.392. The summed E-state index contributed by atoms with van der Waals surface area (Å²) < 4.78 is 38.0. The molecule has 2 aromatic rings. The van der Waals surface area contributed by atoms with Crippen molar-refractivity contribution < 1.29 is 17.9 Å². The minimum Gasteiger partial charge on any atom is -0.497 e. The molecule has 1 aromatic carbocycles. The molecule has 0 unspecified atom stereocenters. The molecule has 0 atom stereocenters. The summed E-state index contributed by atoms with van der Waals surface area (Å²) in [5.74, 6) is 0.709. The number of hydrogen-bond acceptors (Lipinski definition) is 6. The first-order chi connectivity index (χ1) is 10.5. The maximum atomic E-state index is 12.6. The van der Waals surface area contributed by atoms with Crippen molar-refractivity contribution in [3.8, 4) is 11.5 Å². The molecule has 1 N–H and O–H groups in total. The summed E-state index contributed by atoms with van der Waals surface area (Å²) in [7, 11) is -0.871. The van der Waals surface area contributed by atoms with Gasteiger partial charge in [-0.05, 0) is 31.4 Å². The minimum atomic E-state index is -3.78. The Hall–Kier alpha value is -1.80. The monoisotopic (exact) mass is 340 g/mol. The van der Waals surface area contributed by atoms with E-state index in [4.69, 9.17) is 9.47 Å². The van der Waals surface area contributed by atoms with E-state index in [-0.39, 0.29) is 10.6 Å². The average Bonchev–Trinajstić information content (AvgIpc) is 3.07. The standard InChI is InChI=1S/C14H16N2O4S2/c1-19-9-6-7-11(20-2)13(8-9)22(17,18)16-14-15-10-4-3-5-12(10)21-14/h6-8H,3-5H2,1-2H3,(H,15,16). The van der Waals surface area contributed by atoms with Crippen LogP contribution in [0, 0.1) is 0 Å². The lowest BCUT2D eigenvalue weighted by Gasteiger charge is -2.11. The maximum absolute atomic E-state index is 12.6. The number of aryl methyl sites for hydroxylation is 2. The predicted molar refractivity (Wildman–Crippen MR) is 84.5 cm³/mol. The van der Waals surface area contributed by atoms with Crippen molar-refractivity contribution in [1.29, 1.82) is 0 Å². The number of anilines is 1. The van der Waals surface area contributed by atoms with E-state index < -0.39 is 10.0 Å². The van der Waals surface area contributed by atoms with Gasteiger partial charge >= 0.3 is 0 Å². The molecule has 0 spiro atoms. The van der Waals surface area contributed by atoms with Crippen LogP contribution < -0.4 is 14.2 Å². The van der Waals surface area contributed by atoms with Crippen LogP contribution in [0.3, 0.4) is 0 Å². The van der Waals surface area contributed by atoms with Crippen LogP contribution in [0.1, 0.15) is 17.0 Å². The van der Waals surface area contributed by atoms with E-state index in [1.165, 1.54) is 31.6 Å². The van der Waals surface area contributed by atoms with Crippen LogP contribution in [0.2, 0.25) is 0 Å². The van der Waals surface area contributed by atoms with E-state index in [0.29, 0.717) is 10.9 Å². The van der Waals surface area contributed by atoms with Gasteiger partial charge in [0.25, 0.3) is 10.0 Å². The van der Waals surface area contributed by atoms with Gasteiger partial charge in [0.05, 0.1) is 19.9 Å². The van der Waals surface area contributed by atoms with Crippen LogP contribution in [0.5, 0.6) is 11.5 Å². The second-order valence-electron chi connectivity index (χ2n) is 4.86. The highest BCUT2D eigenvalue weighted by Gasteiger charge is 2.24. The van der Waals surface area contributed by atoms with Crippen LogP contribution in [0.15, 0.2) is 23.1 Å². The van der Waals surface area contributed by atoms with Gasteiger partial charge in [-0.1, -0.05) is 0 Å². The minimum absolute atomic E-state index is 0.0321. The maximum Gasteiger partial charge on any atom is 0.267 e. The van der Waals surface area contributed by atoms with E-state index in [9.17, 15) is 8.42 Å². The van der Waals surface area contributed by atoms with E-state index in [2.05, 4.69) is 9.71 Å². The summed E-state index contributed by atoms with van der Waals surface area (Å²) in [6.07, 6.45) is 2.97. The Morgan fingerprint density at radius 1 is 1.23 bits per heavy atom. The first kappa shape index (κ1) is 15.1. The van der Waals surface area contributed by atoms with Gasteiger partial charge in [0.1, 0.15) is 16.4 Å². The molecule has 3 rings (SSSR count). The quantitative estimate of drug-likeness (QED) is 0.904. The number of benzene rings is 1. The fraction of sp³-hybridized carbons (Fsp3) is 0.357. The van der Waals surface area contributed by atoms with Gasteiger partial charge in [-0.3, -0.25) is 4.72 Å². The molecular weight excluding hydrogens is 324 g/mol. The normalized spacial score (nSPS) is 13.7. The highest BCUT2D eigenvalue weighted by Crippen LogP contribution is 2.34. The molecule has 0 aliphatic heterocycles. The largest absolute Gasteiger partial charge is 0.497 e. The molecule has 0 radical (unpaired) electrons. The number of sulfonamides is 1.